The van der Waals surface area contributed by atoms with E-state index in [1.807, 2.05) is 6.07 Å². The molecule has 0 saturated heterocycles. The Morgan fingerprint density at radius 1 is 0.810 bits per heavy atom. The first-order valence-corrected chi connectivity index (χ1v) is 7.27. The summed E-state index contributed by atoms with van der Waals surface area (Å²) in [6.45, 7) is -1.84. The summed E-state index contributed by atoms with van der Waals surface area (Å²) in [6.07, 6.45) is 1.39. The third kappa shape index (κ3) is 2.12. The first-order valence-electron chi connectivity index (χ1n) is 7.27. The lowest BCUT2D eigenvalue weighted by Gasteiger charge is -2.59. The van der Waals surface area contributed by atoms with Gasteiger partial charge in [-0.2, -0.15) is 0 Å². The highest BCUT2D eigenvalue weighted by Crippen LogP contribution is 2.59. The lowest BCUT2D eigenvalue weighted by molar-refractivity contribution is -0.249. The van der Waals surface area contributed by atoms with Gasteiger partial charge in [0.05, 0.1) is 31.8 Å². The summed E-state index contributed by atoms with van der Waals surface area (Å²) in [5, 5.41) is 50.9. The molecule has 5 nitrogen and oxygen atoms in total. The molecule has 0 bridgehead atoms. The van der Waals surface area contributed by atoms with Crippen LogP contribution in [0.3, 0.4) is 0 Å². The second-order valence-corrected chi connectivity index (χ2v) is 6.07. The van der Waals surface area contributed by atoms with Crippen molar-refractivity contribution in [2.24, 2.45) is 10.8 Å². The van der Waals surface area contributed by atoms with E-state index in [1.54, 1.807) is 24.3 Å². The van der Waals surface area contributed by atoms with Gasteiger partial charge in [0, 0.05) is 5.41 Å². The lowest BCUT2D eigenvalue weighted by atomic mass is 9.49. The molecule has 1 unspecified atom stereocenters. The van der Waals surface area contributed by atoms with Crippen LogP contribution in [0.25, 0.3) is 0 Å². The maximum atomic E-state index is 11.3. The van der Waals surface area contributed by atoms with Crippen molar-refractivity contribution in [1.82, 2.24) is 0 Å². The van der Waals surface area contributed by atoms with E-state index in [0.29, 0.717) is 24.8 Å². The summed E-state index contributed by atoms with van der Waals surface area (Å²) in [6, 6.07) is 8.86. The SMILES string of the molecule is OCC1(CO)CCCC(O)(c2ccccc2)C1(CO)CO. The molecule has 0 heterocycles. The van der Waals surface area contributed by atoms with E-state index in [1.165, 1.54) is 0 Å². The second kappa shape index (κ2) is 6.02. The van der Waals surface area contributed by atoms with Crippen molar-refractivity contribution in [2.45, 2.75) is 24.9 Å². The Morgan fingerprint density at radius 3 is 1.86 bits per heavy atom. The van der Waals surface area contributed by atoms with Crippen LogP contribution in [0.15, 0.2) is 30.3 Å². The summed E-state index contributed by atoms with van der Waals surface area (Å²) >= 11 is 0. The van der Waals surface area contributed by atoms with E-state index >= 15 is 0 Å². The molecule has 0 amide bonds. The minimum Gasteiger partial charge on any atom is -0.396 e. The predicted octanol–water partition coefficient (Wildman–Crippen LogP) is 0.0001000. The molecule has 1 aliphatic carbocycles. The summed E-state index contributed by atoms with van der Waals surface area (Å²) in [5.74, 6) is 0. The Labute approximate surface area is 124 Å². The van der Waals surface area contributed by atoms with Crippen LogP contribution in [-0.2, 0) is 5.60 Å². The Kier molecular flexibility index (Phi) is 4.70. The van der Waals surface area contributed by atoms with Gasteiger partial charge in [-0.15, -0.1) is 0 Å². The van der Waals surface area contributed by atoms with Crippen molar-refractivity contribution in [1.29, 1.82) is 0 Å². The normalized spacial score (nSPS) is 27.5. The summed E-state index contributed by atoms with van der Waals surface area (Å²) < 4.78 is 0. The van der Waals surface area contributed by atoms with E-state index in [2.05, 4.69) is 0 Å². The van der Waals surface area contributed by atoms with Crippen LogP contribution in [0.5, 0.6) is 0 Å². The molecule has 0 aromatic heterocycles. The molecular formula is C16H24O5. The van der Waals surface area contributed by atoms with Crippen molar-refractivity contribution < 1.29 is 25.5 Å². The first-order chi connectivity index (χ1) is 10.1. The van der Waals surface area contributed by atoms with Crippen LogP contribution in [0.4, 0.5) is 0 Å². The van der Waals surface area contributed by atoms with Gasteiger partial charge in [0.15, 0.2) is 0 Å². The Bertz CT molecular complexity index is 453. The van der Waals surface area contributed by atoms with Crippen molar-refractivity contribution in [3.8, 4) is 0 Å². The van der Waals surface area contributed by atoms with Gasteiger partial charge in [-0.3, -0.25) is 0 Å². The van der Waals surface area contributed by atoms with E-state index in [9.17, 15) is 25.5 Å². The van der Waals surface area contributed by atoms with Crippen molar-refractivity contribution in [2.75, 3.05) is 26.4 Å². The Hall–Kier alpha value is -0.980. The summed E-state index contributed by atoms with van der Waals surface area (Å²) in [7, 11) is 0. The van der Waals surface area contributed by atoms with Crippen LogP contribution < -0.4 is 0 Å². The minimum absolute atomic E-state index is 0.361. The van der Waals surface area contributed by atoms with Crippen molar-refractivity contribution in [3.63, 3.8) is 0 Å². The first kappa shape index (κ1) is 16.4. The average molecular weight is 296 g/mol. The lowest BCUT2D eigenvalue weighted by Crippen LogP contribution is -2.65. The largest absolute Gasteiger partial charge is 0.396 e. The molecule has 5 N–H and O–H groups in total. The number of benzene rings is 1. The number of hydrogen-bond acceptors (Lipinski definition) is 5. The quantitative estimate of drug-likeness (QED) is 0.526. The number of aliphatic hydroxyl groups is 5. The molecule has 118 valence electrons. The highest BCUT2D eigenvalue weighted by Gasteiger charge is 2.64. The zero-order valence-electron chi connectivity index (χ0n) is 12.1. The number of hydrogen-bond donors (Lipinski definition) is 5. The van der Waals surface area contributed by atoms with Gasteiger partial charge in [0.1, 0.15) is 5.60 Å². The van der Waals surface area contributed by atoms with E-state index < -0.39 is 42.9 Å². The zero-order valence-corrected chi connectivity index (χ0v) is 12.1. The number of rotatable bonds is 5. The summed E-state index contributed by atoms with van der Waals surface area (Å²) in [4.78, 5) is 0. The molecule has 1 atom stereocenters. The third-order valence-corrected chi connectivity index (χ3v) is 5.40. The predicted molar refractivity (Wildman–Crippen MR) is 77.4 cm³/mol. The monoisotopic (exact) mass is 296 g/mol. The fraction of sp³-hybridized carbons (Fsp3) is 0.625. The van der Waals surface area contributed by atoms with Gasteiger partial charge in [0.2, 0.25) is 0 Å². The standard InChI is InChI=1S/C16H24O5/c17-9-14(10-18)7-4-8-16(21,15(14,11-19)12-20)13-5-2-1-3-6-13/h1-3,5-6,17-21H,4,7-12H2. The summed E-state index contributed by atoms with van der Waals surface area (Å²) in [5.41, 5.74) is -3.44. The Balaban J connectivity index is 2.63. The van der Waals surface area contributed by atoms with E-state index in [4.69, 9.17) is 0 Å². The fourth-order valence-corrected chi connectivity index (χ4v) is 3.89. The van der Waals surface area contributed by atoms with Crippen molar-refractivity contribution in [3.05, 3.63) is 35.9 Å². The highest BCUT2D eigenvalue weighted by atomic mass is 16.3. The van der Waals surface area contributed by atoms with Crippen molar-refractivity contribution >= 4 is 0 Å². The molecule has 5 heteroatoms. The molecule has 0 spiro atoms. The molecule has 21 heavy (non-hydrogen) atoms. The third-order valence-electron chi connectivity index (χ3n) is 5.40. The topological polar surface area (TPSA) is 101 Å². The van der Waals surface area contributed by atoms with Crippen LogP contribution >= 0.6 is 0 Å². The molecular weight excluding hydrogens is 272 g/mol. The maximum absolute atomic E-state index is 11.3. The van der Waals surface area contributed by atoms with Gasteiger partial charge >= 0.3 is 0 Å². The maximum Gasteiger partial charge on any atom is 0.100 e. The second-order valence-electron chi connectivity index (χ2n) is 6.07. The fourth-order valence-electron chi connectivity index (χ4n) is 3.89. The molecule has 0 aliphatic heterocycles. The molecule has 1 fully saturated rings. The molecule has 1 aromatic carbocycles. The Morgan fingerprint density at radius 2 is 1.38 bits per heavy atom. The van der Waals surface area contributed by atoms with E-state index in [0.717, 1.165) is 0 Å². The van der Waals surface area contributed by atoms with Gasteiger partial charge < -0.3 is 25.5 Å². The molecule has 0 radical (unpaired) electrons. The van der Waals surface area contributed by atoms with Crippen LogP contribution in [0, 0.1) is 10.8 Å². The van der Waals surface area contributed by atoms with Gasteiger partial charge in [0.25, 0.3) is 0 Å². The minimum atomic E-state index is -1.50. The molecule has 1 aliphatic rings. The molecule has 1 aromatic rings. The molecule has 2 rings (SSSR count). The van der Waals surface area contributed by atoms with Crippen LogP contribution in [-0.4, -0.2) is 52.0 Å². The van der Waals surface area contributed by atoms with Crippen LogP contribution in [0.2, 0.25) is 0 Å². The average Bonchev–Trinajstić information content (AvgIpc) is 2.55. The van der Waals surface area contributed by atoms with Gasteiger partial charge in [-0.25, -0.2) is 0 Å². The zero-order chi connectivity index (χ0) is 15.6. The van der Waals surface area contributed by atoms with Crippen LogP contribution in [0.1, 0.15) is 24.8 Å². The highest BCUT2D eigenvalue weighted by molar-refractivity contribution is 5.29. The van der Waals surface area contributed by atoms with Gasteiger partial charge in [-0.1, -0.05) is 30.3 Å². The van der Waals surface area contributed by atoms with Gasteiger partial charge in [-0.05, 0) is 24.8 Å². The number of aliphatic hydroxyl groups excluding tert-OH is 4. The smallest absolute Gasteiger partial charge is 0.100 e. The molecule has 1 saturated carbocycles. The van der Waals surface area contributed by atoms with E-state index in [-0.39, 0.29) is 0 Å².